The fourth-order valence-corrected chi connectivity index (χ4v) is 2.16. The van der Waals surface area contributed by atoms with Crippen molar-refractivity contribution in [3.05, 3.63) is 51.9 Å². The normalized spacial score (nSPS) is 20.4. The monoisotopic (exact) mass is 285 g/mol. The lowest BCUT2D eigenvalue weighted by molar-refractivity contribution is -0.163. The third-order valence-corrected chi connectivity index (χ3v) is 3.01. The zero-order valence-electron chi connectivity index (χ0n) is 12.0. The Morgan fingerprint density at radius 2 is 1.95 bits per heavy atom. The molecule has 0 saturated carbocycles. The van der Waals surface area contributed by atoms with Crippen molar-refractivity contribution in [3.8, 4) is 0 Å². The smallest absolute Gasteiger partial charge is 0.331 e. The van der Waals surface area contributed by atoms with E-state index in [2.05, 4.69) is 10.0 Å². The van der Waals surface area contributed by atoms with Gasteiger partial charge in [0.2, 0.25) is 5.54 Å². The molecule has 1 aromatic rings. The van der Waals surface area contributed by atoms with Crippen LogP contribution in [0.25, 0.3) is 16.5 Å². The average molecular weight is 285 g/mol. The number of carbonyl (C=O) groups is 2. The molecule has 6 nitrogen and oxygen atoms in total. The molecule has 1 aliphatic carbocycles. The van der Waals surface area contributed by atoms with Gasteiger partial charge in [0.1, 0.15) is 5.60 Å². The van der Waals surface area contributed by atoms with E-state index in [9.17, 15) is 9.59 Å². The maximum absolute atomic E-state index is 12.6. The van der Waals surface area contributed by atoms with Gasteiger partial charge in [0, 0.05) is 4.91 Å². The molecule has 0 aromatic heterocycles. The molecule has 0 heterocycles. The van der Waals surface area contributed by atoms with Gasteiger partial charge in [-0.2, -0.15) is 0 Å². The lowest BCUT2D eigenvalue weighted by Gasteiger charge is -2.31. The fourth-order valence-electron chi connectivity index (χ4n) is 2.16. The molecular formula is C15H15N3O3. The Hall–Kier alpha value is -2.59. The number of nitrogens with zero attached hydrogens (tertiary/aromatic N) is 3. The minimum absolute atomic E-state index is 0.338. The van der Waals surface area contributed by atoms with Gasteiger partial charge in [0.05, 0.1) is 0 Å². The summed E-state index contributed by atoms with van der Waals surface area (Å²) in [5.74, 6) is -1.47. The molecule has 0 saturated heterocycles. The Bertz CT molecular complexity index is 682. The second-order valence-corrected chi connectivity index (χ2v) is 5.69. The Balaban J connectivity index is 2.67. The van der Waals surface area contributed by atoms with Gasteiger partial charge in [-0.25, -0.2) is 0 Å². The molecule has 0 radical (unpaired) electrons. The summed E-state index contributed by atoms with van der Waals surface area (Å²) in [5.41, 5.74) is 7.04. The van der Waals surface area contributed by atoms with Crippen LogP contribution < -0.4 is 0 Å². The summed E-state index contributed by atoms with van der Waals surface area (Å²) >= 11 is 0. The van der Waals surface area contributed by atoms with E-state index in [0.29, 0.717) is 11.1 Å². The highest BCUT2D eigenvalue weighted by Crippen LogP contribution is 2.37. The molecule has 0 bridgehead atoms. The van der Waals surface area contributed by atoms with E-state index in [4.69, 9.17) is 10.3 Å². The van der Waals surface area contributed by atoms with Crippen molar-refractivity contribution >= 4 is 17.8 Å². The first-order valence-corrected chi connectivity index (χ1v) is 6.43. The second kappa shape index (κ2) is 5.07. The first-order chi connectivity index (χ1) is 9.81. The van der Waals surface area contributed by atoms with Crippen molar-refractivity contribution in [2.45, 2.75) is 31.9 Å². The summed E-state index contributed by atoms with van der Waals surface area (Å²) in [6.45, 7) is 5.05. The third kappa shape index (κ3) is 2.53. The van der Waals surface area contributed by atoms with Gasteiger partial charge in [-0.15, -0.1) is 0 Å². The molecule has 0 aliphatic heterocycles. The average Bonchev–Trinajstić information content (AvgIpc) is 2.40. The molecule has 1 aliphatic rings. The topological polar surface area (TPSA) is 92.1 Å². The summed E-state index contributed by atoms with van der Waals surface area (Å²) in [6.07, 6.45) is 2.83. The lowest BCUT2D eigenvalue weighted by atomic mass is 9.79. The number of rotatable bonds is 2. The van der Waals surface area contributed by atoms with Crippen molar-refractivity contribution in [3.63, 3.8) is 0 Å². The van der Waals surface area contributed by atoms with Gasteiger partial charge in [-0.3, -0.25) is 9.59 Å². The van der Waals surface area contributed by atoms with Crippen LogP contribution in [0.3, 0.4) is 0 Å². The number of esters is 1. The summed E-state index contributed by atoms with van der Waals surface area (Å²) in [7, 11) is 0. The summed E-state index contributed by atoms with van der Waals surface area (Å²) in [4.78, 5) is 27.6. The summed E-state index contributed by atoms with van der Waals surface area (Å²) in [6, 6.07) is 6.78. The largest absolute Gasteiger partial charge is 0.459 e. The minimum atomic E-state index is -1.99. The van der Waals surface area contributed by atoms with Crippen LogP contribution in [-0.2, 0) is 19.9 Å². The number of benzene rings is 1. The molecule has 0 N–H and O–H groups in total. The number of fused-ring (bicyclic) bond motifs is 1. The van der Waals surface area contributed by atoms with Gasteiger partial charge in [0.25, 0.3) is 0 Å². The molecule has 1 atom stereocenters. The van der Waals surface area contributed by atoms with Crippen LogP contribution in [0, 0.1) is 0 Å². The zero-order valence-corrected chi connectivity index (χ0v) is 12.0. The van der Waals surface area contributed by atoms with Crippen LogP contribution in [0.4, 0.5) is 0 Å². The number of ether oxygens (including phenoxy) is 1. The van der Waals surface area contributed by atoms with E-state index in [1.807, 2.05) is 0 Å². The van der Waals surface area contributed by atoms with Crippen LogP contribution in [0.2, 0.25) is 0 Å². The van der Waals surface area contributed by atoms with Crippen LogP contribution in [0.1, 0.15) is 31.9 Å². The number of hydrogen-bond acceptors (Lipinski definition) is 4. The Labute approximate surface area is 122 Å². The highest BCUT2D eigenvalue weighted by Gasteiger charge is 2.50. The van der Waals surface area contributed by atoms with Crippen LogP contribution in [0.5, 0.6) is 0 Å². The second-order valence-electron chi connectivity index (χ2n) is 5.69. The maximum atomic E-state index is 12.6. The quantitative estimate of drug-likeness (QED) is 0.275. The molecule has 2 rings (SSSR count). The lowest BCUT2D eigenvalue weighted by Crippen LogP contribution is -2.46. The Morgan fingerprint density at radius 1 is 1.29 bits per heavy atom. The predicted molar refractivity (Wildman–Crippen MR) is 77.2 cm³/mol. The van der Waals surface area contributed by atoms with Gasteiger partial charge < -0.3 is 4.74 Å². The molecule has 108 valence electrons. The summed E-state index contributed by atoms with van der Waals surface area (Å²) < 4.78 is 5.30. The molecule has 1 unspecified atom stereocenters. The minimum Gasteiger partial charge on any atom is -0.459 e. The van der Waals surface area contributed by atoms with E-state index >= 15 is 0 Å². The Morgan fingerprint density at radius 3 is 2.57 bits per heavy atom. The molecule has 0 fully saturated rings. The maximum Gasteiger partial charge on any atom is 0.331 e. The van der Waals surface area contributed by atoms with Crippen LogP contribution in [-0.4, -0.2) is 17.4 Å². The summed E-state index contributed by atoms with van der Waals surface area (Å²) in [5, 5.41) is 3.53. The number of hydrogen-bond donors (Lipinski definition) is 0. The number of ketones is 1. The molecule has 0 spiro atoms. The van der Waals surface area contributed by atoms with Crippen molar-refractivity contribution in [1.29, 1.82) is 0 Å². The highest BCUT2D eigenvalue weighted by molar-refractivity contribution is 6.17. The van der Waals surface area contributed by atoms with Crippen LogP contribution >= 0.6 is 0 Å². The van der Waals surface area contributed by atoms with Crippen molar-refractivity contribution in [2.24, 2.45) is 5.11 Å². The fraction of sp³-hybridized carbons (Fsp3) is 0.333. The van der Waals surface area contributed by atoms with Crippen molar-refractivity contribution in [1.82, 2.24) is 0 Å². The Kier molecular flexibility index (Phi) is 3.58. The molecular weight excluding hydrogens is 270 g/mol. The van der Waals surface area contributed by atoms with E-state index in [0.717, 1.165) is 0 Å². The standard InChI is InChI=1S/C15H15N3O3/c1-14(2,3)21-13(20)15(17-18-16)11-7-5-4-6-10(11)8-9-12(15)19/h4-9H,1-3H3. The molecule has 6 heteroatoms. The molecule has 0 amide bonds. The van der Waals surface area contributed by atoms with E-state index in [1.165, 1.54) is 6.08 Å². The zero-order chi connectivity index (χ0) is 15.7. The van der Waals surface area contributed by atoms with Gasteiger partial charge in [0.15, 0.2) is 5.78 Å². The first-order valence-electron chi connectivity index (χ1n) is 6.43. The number of carbonyl (C=O) groups excluding carboxylic acids is 2. The SMILES string of the molecule is CC(C)(C)OC(=O)C1(N=[N+]=[N-])C(=O)C=Cc2ccccc21. The van der Waals surface area contributed by atoms with Crippen molar-refractivity contribution in [2.75, 3.05) is 0 Å². The van der Waals surface area contributed by atoms with Crippen molar-refractivity contribution < 1.29 is 14.3 Å². The van der Waals surface area contributed by atoms with E-state index in [-0.39, 0.29) is 0 Å². The number of azide groups is 1. The molecule has 21 heavy (non-hydrogen) atoms. The van der Waals surface area contributed by atoms with E-state index in [1.54, 1.807) is 51.1 Å². The third-order valence-electron chi connectivity index (χ3n) is 3.01. The highest BCUT2D eigenvalue weighted by atomic mass is 16.6. The van der Waals surface area contributed by atoms with Gasteiger partial charge in [-0.05, 0) is 43.5 Å². The van der Waals surface area contributed by atoms with Gasteiger partial charge >= 0.3 is 5.97 Å². The first kappa shape index (κ1) is 14.8. The predicted octanol–water partition coefficient (Wildman–Crippen LogP) is 3.13. The molecule has 1 aromatic carbocycles. The van der Waals surface area contributed by atoms with Crippen LogP contribution in [0.15, 0.2) is 35.5 Å². The van der Waals surface area contributed by atoms with Gasteiger partial charge in [-0.1, -0.05) is 35.5 Å². The van der Waals surface area contributed by atoms with E-state index < -0.39 is 22.9 Å².